The standard InChI is InChI=1S/C15H25NO8.C9H17NO4.C6H8O4.C2H6/c1-6-16-14(21)23-8-15(5,11(4)18)7-22-13(20)10(3)24-12(19)9(2)17;1-4-10-8(13)14-6-9(3,5-11)7(2)12;1-3-5(7)10-4(2)6(8)9-3;1-2/h9-10,17H,6-8H2,1-5H3,(H,16,21);11H,4-6H2,1-3H3,(H,10,13);3-4H,1-2H3;1-2H3. The number of nitrogens with one attached hydrogen (secondary N) is 2. The molecule has 290 valence electrons. The summed E-state index contributed by atoms with van der Waals surface area (Å²) >= 11 is 0. The summed E-state index contributed by atoms with van der Waals surface area (Å²) in [6.45, 7) is 18.4. The number of carbonyl (C=O) groups excluding carboxylic acids is 8. The molecule has 0 saturated carbocycles. The van der Waals surface area contributed by atoms with Crippen LogP contribution in [0.25, 0.3) is 0 Å². The number of amides is 2. The molecule has 0 aromatic rings. The smallest absolute Gasteiger partial charge is 0.407 e. The highest BCUT2D eigenvalue weighted by atomic mass is 16.6. The SMILES string of the molecule is CC.CC1OC(=O)C(C)OC1=O.CCNC(=O)OCC(C)(CO)C(C)=O.CCNC(=O)OCC(C)(COC(=O)C(C)OC(=O)C(C)O)C(C)=O. The summed E-state index contributed by atoms with van der Waals surface area (Å²) < 4.78 is 28.5. The number of aliphatic hydroxyl groups excluding tert-OH is 2. The maximum atomic E-state index is 11.8. The number of ether oxygens (including phenoxy) is 6. The van der Waals surface area contributed by atoms with Gasteiger partial charge in [0.25, 0.3) is 0 Å². The van der Waals surface area contributed by atoms with E-state index in [0.29, 0.717) is 13.1 Å². The third kappa shape index (κ3) is 20.3. The van der Waals surface area contributed by atoms with E-state index in [1.807, 2.05) is 13.8 Å². The molecule has 4 N–H and O–H groups in total. The van der Waals surface area contributed by atoms with Crippen LogP contribution in [0.2, 0.25) is 0 Å². The van der Waals surface area contributed by atoms with Crippen LogP contribution >= 0.6 is 0 Å². The Balaban J connectivity index is -0.000000713. The largest absolute Gasteiger partial charge is 0.462 e. The molecular formula is C32H56N2O16. The Kier molecular flexibility index (Phi) is 25.7. The van der Waals surface area contributed by atoms with Gasteiger partial charge in [-0.25, -0.2) is 28.8 Å². The van der Waals surface area contributed by atoms with E-state index in [1.54, 1.807) is 20.8 Å². The van der Waals surface area contributed by atoms with Gasteiger partial charge in [-0.3, -0.25) is 9.59 Å². The summed E-state index contributed by atoms with van der Waals surface area (Å²) in [5, 5.41) is 22.8. The van der Waals surface area contributed by atoms with Gasteiger partial charge in [-0.2, -0.15) is 0 Å². The number of ketones is 2. The molecule has 2 amide bonds. The average Bonchev–Trinajstić information content (AvgIpc) is 3.05. The Morgan fingerprint density at radius 2 is 1.10 bits per heavy atom. The van der Waals surface area contributed by atoms with E-state index in [2.05, 4.69) is 24.8 Å². The number of rotatable bonds is 14. The lowest BCUT2D eigenvalue weighted by Gasteiger charge is -2.26. The molecule has 1 aliphatic rings. The number of cyclic esters (lactones) is 2. The van der Waals surface area contributed by atoms with Crippen LogP contribution < -0.4 is 10.6 Å². The summed E-state index contributed by atoms with van der Waals surface area (Å²) in [5.41, 5.74) is -2.22. The molecule has 0 spiro atoms. The summed E-state index contributed by atoms with van der Waals surface area (Å²) in [4.78, 5) is 89.4. The second-order valence-electron chi connectivity index (χ2n) is 11.1. The van der Waals surface area contributed by atoms with Gasteiger partial charge in [0.1, 0.15) is 37.5 Å². The van der Waals surface area contributed by atoms with E-state index in [1.165, 1.54) is 48.5 Å². The van der Waals surface area contributed by atoms with Gasteiger partial charge in [-0.15, -0.1) is 0 Å². The second-order valence-corrected chi connectivity index (χ2v) is 11.1. The maximum Gasteiger partial charge on any atom is 0.407 e. The fourth-order valence-corrected chi connectivity index (χ4v) is 2.65. The van der Waals surface area contributed by atoms with Gasteiger partial charge in [0, 0.05) is 13.1 Å². The number of esters is 4. The molecule has 0 aromatic heterocycles. The minimum absolute atomic E-state index is 0.106. The Morgan fingerprint density at radius 3 is 1.42 bits per heavy atom. The van der Waals surface area contributed by atoms with E-state index in [0.717, 1.165) is 0 Å². The highest BCUT2D eigenvalue weighted by molar-refractivity contribution is 5.87. The maximum absolute atomic E-state index is 11.8. The van der Waals surface area contributed by atoms with Crippen LogP contribution in [0.15, 0.2) is 0 Å². The Hall–Kier alpha value is -4.32. The molecule has 1 heterocycles. The van der Waals surface area contributed by atoms with Gasteiger partial charge in [0.15, 0.2) is 18.3 Å². The molecule has 0 radical (unpaired) electrons. The van der Waals surface area contributed by atoms with Crippen molar-refractivity contribution in [1.82, 2.24) is 10.6 Å². The van der Waals surface area contributed by atoms with Gasteiger partial charge in [0.05, 0.1) is 17.4 Å². The lowest BCUT2D eigenvalue weighted by Crippen LogP contribution is -2.40. The van der Waals surface area contributed by atoms with Crippen molar-refractivity contribution in [2.45, 2.75) is 108 Å². The summed E-state index contributed by atoms with van der Waals surface area (Å²) in [7, 11) is 0. The molecule has 0 bridgehead atoms. The summed E-state index contributed by atoms with van der Waals surface area (Å²) in [5.74, 6) is -3.35. The molecule has 1 fully saturated rings. The molecule has 1 rings (SSSR count). The Morgan fingerprint density at radius 1 is 0.740 bits per heavy atom. The van der Waals surface area contributed by atoms with Crippen molar-refractivity contribution in [2.24, 2.45) is 10.8 Å². The van der Waals surface area contributed by atoms with E-state index < -0.39 is 71.3 Å². The third-order valence-corrected chi connectivity index (χ3v) is 6.48. The molecule has 6 unspecified atom stereocenters. The fraction of sp³-hybridized carbons (Fsp3) is 0.750. The van der Waals surface area contributed by atoms with Crippen LogP contribution in [0.5, 0.6) is 0 Å². The highest BCUT2D eigenvalue weighted by Gasteiger charge is 2.35. The van der Waals surface area contributed by atoms with Crippen LogP contribution in [0.4, 0.5) is 9.59 Å². The van der Waals surface area contributed by atoms with Crippen molar-refractivity contribution in [2.75, 3.05) is 39.5 Å². The average molecular weight is 725 g/mol. The predicted octanol–water partition coefficient (Wildman–Crippen LogP) is 1.39. The first-order valence-electron chi connectivity index (χ1n) is 16.0. The molecule has 18 heteroatoms. The molecule has 18 nitrogen and oxygen atoms in total. The minimum atomic E-state index is -1.37. The van der Waals surface area contributed by atoms with Crippen LogP contribution in [0.3, 0.4) is 0 Å². The zero-order valence-corrected chi connectivity index (χ0v) is 31.2. The molecule has 1 saturated heterocycles. The second kappa shape index (κ2) is 25.6. The minimum Gasteiger partial charge on any atom is -0.462 e. The van der Waals surface area contributed by atoms with Crippen molar-refractivity contribution in [3.63, 3.8) is 0 Å². The van der Waals surface area contributed by atoms with Crippen molar-refractivity contribution in [3.8, 4) is 0 Å². The molecular weight excluding hydrogens is 668 g/mol. The van der Waals surface area contributed by atoms with E-state index >= 15 is 0 Å². The van der Waals surface area contributed by atoms with Crippen molar-refractivity contribution in [3.05, 3.63) is 0 Å². The molecule has 0 aliphatic carbocycles. The van der Waals surface area contributed by atoms with E-state index in [-0.39, 0.29) is 38.0 Å². The molecule has 1 aliphatic heterocycles. The summed E-state index contributed by atoms with van der Waals surface area (Å²) in [6.07, 6.45) is -5.36. The van der Waals surface area contributed by atoms with Crippen LogP contribution in [-0.2, 0) is 57.2 Å². The van der Waals surface area contributed by atoms with Crippen LogP contribution in [-0.4, -0.2) is 122 Å². The van der Waals surface area contributed by atoms with Crippen molar-refractivity contribution < 1.29 is 77.0 Å². The number of hydrogen-bond donors (Lipinski definition) is 4. The lowest BCUT2D eigenvalue weighted by atomic mass is 9.88. The van der Waals surface area contributed by atoms with Crippen LogP contribution in [0.1, 0.15) is 83.1 Å². The van der Waals surface area contributed by atoms with Gasteiger partial charge >= 0.3 is 36.1 Å². The molecule has 50 heavy (non-hydrogen) atoms. The van der Waals surface area contributed by atoms with E-state index in [4.69, 9.17) is 24.4 Å². The predicted molar refractivity (Wildman–Crippen MR) is 175 cm³/mol. The number of hydrogen-bond acceptors (Lipinski definition) is 16. The van der Waals surface area contributed by atoms with Crippen LogP contribution in [0, 0.1) is 10.8 Å². The third-order valence-electron chi connectivity index (χ3n) is 6.48. The zero-order valence-electron chi connectivity index (χ0n) is 31.2. The first-order chi connectivity index (χ1) is 23.1. The van der Waals surface area contributed by atoms with Gasteiger partial charge < -0.3 is 49.3 Å². The first-order valence-corrected chi connectivity index (χ1v) is 16.0. The van der Waals surface area contributed by atoms with Crippen molar-refractivity contribution in [1.29, 1.82) is 0 Å². The van der Waals surface area contributed by atoms with Gasteiger partial charge in [0.2, 0.25) is 0 Å². The van der Waals surface area contributed by atoms with E-state index in [9.17, 15) is 38.4 Å². The van der Waals surface area contributed by atoms with Gasteiger partial charge in [-0.1, -0.05) is 13.8 Å². The normalized spacial score (nSPS) is 18.1. The molecule has 6 atom stereocenters. The topological polar surface area (TPSA) is 256 Å². The summed E-state index contributed by atoms with van der Waals surface area (Å²) in [6, 6.07) is 0. The Labute approximate surface area is 293 Å². The quantitative estimate of drug-likeness (QED) is 0.146. The van der Waals surface area contributed by atoms with Crippen molar-refractivity contribution >= 4 is 47.6 Å². The number of alkyl carbamates (subject to hydrolysis) is 2. The number of Topliss-reactive ketones (excluding diaryl/α,β-unsaturated/α-hetero) is 2. The number of aliphatic hydroxyl groups is 2. The first kappa shape index (κ1) is 50.1. The molecule has 0 aromatic carbocycles. The van der Waals surface area contributed by atoms with Gasteiger partial charge in [-0.05, 0) is 69.2 Å². The number of carbonyl (C=O) groups is 8. The fourth-order valence-electron chi connectivity index (χ4n) is 2.65. The highest BCUT2D eigenvalue weighted by Crippen LogP contribution is 2.20. The lowest BCUT2D eigenvalue weighted by molar-refractivity contribution is -0.191. The zero-order chi connectivity index (χ0) is 39.8. The monoisotopic (exact) mass is 724 g/mol. The Bertz CT molecular complexity index is 1110.